The van der Waals surface area contributed by atoms with Crippen LogP contribution < -0.4 is 9.88 Å². The van der Waals surface area contributed by atoms with Crippen LogP contribution in [0.25, 0.3) is 0 Å². The lowest BCUT2D eigenvalue weighted by Crippen LogP contribution is -2.20. The largest absolute Gasteiger partial charge is 0.484 e. The molecule has 0 spiro atoms. The molecule has 1 aliphatic rings. The van der Waals surface area contributed by atoms with Crippen LogP contribution in [0.4, 0.5) is 5.69 Å². The molecule has 110 valence electrons. The van der Waals surface area contributed by atoms with Crippen molar-refractivity contribution in [1.82, 2.24) is 0 Å². The zero-order valence-electron chi connectivity index (χ0n) is 10.8. The van der Waals surface area contributed by atoms with Crippen LogP contribution in [-0.2, 0) is 10.0 Å². The van der Waals surface area contributed by atoms with Gasteiger partial charge in [0, 0.05) is 6.07 Å². The molecule has 20 heavy (non-hydrogen) atoms. The summed E-state index contributed by atoms with van der Waals surface area (Å²) in [4.78, 5) is 10.1. The number of primary sulfonamides is 1. The Labute approximate surface area is 116 Å². The van der Waals surface area contributed by atoms with E-state index in [1.807, 2.05) is 0 Å². The molecule has 0 bridgehead atoms. The topological polar surface area (TPSA) is 113 Å². The Hall–Kier alpha value is -1.67. The first kappa shape index (κ1) is 14.7. The second-order valence-electron chi connectivity index (χ2n) is 4.81. The van der Waals surface area contributed by atoms with Crippen LogP contribution in [-0.4, -0.2) is 19.4 Å². The van der Waals surface area contributed by atoms with Crippen molar-refractivity contribution in [2.24, 2.45) is 5.14 Å². The molecule has 1 aromatic carbocycles. The third kappa shape index (κ3) is 3.45. The SMILES string of the molecule is NS(=O)(=O)c1ccc(OC2CCCCC2)c([N+](=O)[O-])c1. The minimum Gasteiger partial charge on any atom is -0.484 e. The van der Waals surface area contributed by atoms with E-state index in [1.165, 1.54) is 12.1 Å². The van der Waals surface area contributed by atoms with Gasteiger partial charge in [-0.15, -0.1) is 0 Å². The van der Waals surface area contributed by atoms with Crippen molar-refractivity contribution in [3.05, 3.63) is 28.3 Å². The average Bonchev–Trinajstić information content (AvgIpc) is 2.38. The van der Waals surface area contributed by atoms with Crippen LogP contribution >= 0.6 is 0 Å². The maximum Gasteiger partial charge on any atom is 0.312 e. The molecular weight excluding hydrogens is 284 g/mol. The first-order valence-electron chi connectivity index (χ1n) is 6.36. The van der Waals surface area contributed by atoms with Gasteiger partial charge in [-0.25, -0.2) is 13.6 Å². The summed E-state index contributed by atoms with van der Waals surface area (Å²) in [6.07, 6.45) is 4.87. The molecule has 7 nitrogen and oxygen atoms in total. The molecular formula is C12H16N2O5S. The number of nitrogens with two attached hydrogens (primary N) is 1. The third-order valence-electron chi connectivity index (χ3n) is 3.30. The van der Waals surface area contributed by atoms with E-state index in [0.717, 1.165) is 38.2 Å². The predicted molar refractivity (Wildman–Crippen MR) is 72.0 cm³/mol. The molecule has 1 fully saturated rings. The molecule has 0 heterocycles. The number of nitro groups is 1. The molecule has 1 aliphatic carbocycles. The Kier molecular flexibility index (Phi) is 4.24. The number of hydrogen-bond donors (Lipinski definition) is 1. The van der Waals surface area contributed by atoms with E-state index >= 15 is 0 Å². The van der Waals surface area contributed by atoms with Gasteiger partial charge in [-0.3, -0.25) is 10.1 Å². The van der Waals surface area contributed by atoms with E-state index in [0.29, 0.717) is 0 Å². The van der Waals surface area contributed by atoms with Gasteiger partial charge in [0.15, 0.2) is 5.75 Å². The highest BCUT2D eigenvalue weighted by atomic mass is 32.2. The number of hydrogen-bond acceptors (Lipinski definition) is 5. The fourth-order valence-corrected chi connectivity index (χ4v) is 2.81. The van der Waals surface area contributed by atoms with Crippen molar-refractivity contribution in [3.8, 4) is 5.75 Å². The number of benzene rings is 1. The Morgan fingerprint density at radius 2 is 1.90 bits per heavy atom. The van der Waals surface area contributed by atoms with Gasteiger partial charge in [-0.2, -0.15) is 0 Å². The fraction of sp³-hybridized carbons (Fsp3) is 0.500. The van der Waals surface area contributed by atoms with Crippen LogP contribution in [0.3, 0.4) is 0 Å². The Balaban J connectivity index is 2.30. The highest BCUT2D eigenvalue weighted by Gasteiger charge is 2.23. The van der Waals surface area contributed by atoms with Crippen LogP contribution in [0.1, 0.15) is 32.1 Å². The van der Waals surface area contributed by atoms with Crippen LogP contribution in [0.5, 0.6) is 5.75 Å². The first-order valence-corrected chi connectivity index (χ1v) is 7.90. The number of sulfonamides is 1. The number of nitro benzene ring substituents is 1. The molecule has 0 aliphatic heterocycles. The lowest BCUT2D eigenvalue weighted by Gasteiger charge is -2.22. The zero-order valence-corrected chi connectivity index (χ0v) is 11.6. The molecule has 0 unspecified atom stereocenters. The van der Waals surface area contributed by atoms with Crippen molar-refractivity contribution in [1.29, 1.82) is 0 Å². The summed E-state index contributed by atoms with van der Waals surface area (Å²) >= 11 is 0. The third-order valence-corrected chi connectivity index (χ3v) is 4.21. The van der Waals surface area contributed by atoms with E-state index in [2.05, 4.69) is 0 Å². The number of ether oxygens (including phenoxy) is 1. The minimum absolute atomic E-state index is 0.0530. The lowest BCUT2D eigenvalue weighted by molar-refractivity contribution is -0.386. The molecule has 0 atom stereocenters. The van der Waals surface area contributed by atoms with Gasteiger partial charge in [0.2, 0.25) is 10.0 Å². The van der Waals surface area contributed by atoms with Crippen molar-refractivity contribution in [2.75, 3.05) is 0 Å². The first-order chi connectivity index (χ1) is 9.38. The molecule has 0 aromatic heterocycles. The van der Waals surface area contributed by atoms with Gasteiger partial charge in [0.25, 0.3) is 0 Å². The normalized spacial score (nSPS) is 16.9. The number of rotatable bonds is 4. The monoisotopic (exact) mass is 300 g/mol. The number of nitrogens with zero attached hydrogens (tertiary/aromatic N) is 1. The Bertz CT molecular complexity index is 608. The maximum absolute atomic E-state index is 11.2. The average molecular weight is 300 g/mol. The van der Waals surface area contributed by atoms with Gasteiger partial charge in [-0.05, 0) is 37.8 Å². The second-order valence-corrected chi connectivity index (χ2v) is 6.37. The minimum atomic E-state index is -3.97. The molecule has 0 saturated heterocycles. The molecule has 1 aromatic rings. The van der Waals surface area contributed by atoms with E-state index in [-0.39, 0.29) is 22.4 Å². The maximum atomic E-state index is 11.2. The molecule has 2 rings (SSSR count). The second kappa shape index (κ2) is 5.76. The van der Waals surface area contributed by atoms with Gasteiger partial charge in [-0.1, -0.05) is 6.42 Å². The summed E-state index contributed by atoms with van der Waals surface area (Å²) in [6, 6.07) is 3.46. The zero-order chi connectivity index (χ0) is 14.8. The van der Waals surface area contributed by atoms with E-state index < -0.39 is 14.9 Å². The molecule has 0 radical (unpaired) electrons. The van der Waals surface area contributed by atoms with Crippen molar-refractivity contribution < 1.29 is 18.1 Å². The fourth-order valence-electron chi connectivity index (χ4n) is 2.28. The van der Waals surface area contributed by atoms with E-state index in [9.17, 15) is 18.5 Å². The summed E-state index contributed by atoms with van der Waals surface area (Å²) in [5.74, 6) is 0.0919. The van der Waals surface area contributed by atoms with E-state index in [1.54, 1.807) is 0 Å². The molecule has 1 saturated carbocycles. The highest BCUT2D eigenvalue weighted by molar-refractivity contribution is 7.89. The van der Waals surface area contributed by atoms with Crippen molar-refractivity contribution >= 4 is 15.7 Å². The van der Waals surface area contributed by atoms with Crippen LogP contribution in [0, 0.1) is 10.1 Å². The summed E-state index contributed by atoms with van der Waals surface area (Å²) < 4.78 is 28.1. The molecule has 0 amide bonds. The summed E-state index contributed by atoms with van der Waals surface area (Å²) in [7, 11) is -3.97. The standard InChI is InChI=1S/C12H16N2O5S/c13-20(17,18)10-6-7-12(11(8-10)14(15)16)19-9-4-2-1-3-5-9/h6-9H,1-5H2,(H2,13,17,18). The van der Waals surface area contributed by atoms with Gasteiger partial charge >= 0.3 is 5.69 Å². The smallest absolute Gasteiger partial charge is 0.312 e. The van der Waals surface area contributed by atoms with Gasteiger partial charge in [0.05, 0.1) is 15.9 Å². The summed E-state index contributed by atoms with van der Waals surface area (Å²) in [6.45, 7) is 0. The van der Waals surface area contributed by atoms with E-state index in [4.69, 9.17) is 9.88 Å². The van der Waals surface area contributed by atoms with Crippen LogP contribution in [0.2, 0.25) is 0 Å². The van der Waals surface area contributed by atoms with Gasteiger partial charge in [0.1, 0.15) is 0 Å². The predicted octanol–water partition coefficient (Wildman–Crippen LogP) is 1.95. The Morgan fingerprint density at radius 1 is 1.25 bits per heavy atom. The Morgan fingerprint density at radius 3 is 2.45 bits per heavy atom. The van der Waals surface area contributed by atoms with Crippen molar-refractivity contribution in [3.63, 3.8) is 0 Å². The molecule has 8 heteroatoms. The summed E-state index contributed by atoms with van der Waals surface area (Å²) in [5.41, 5.74) is -0.373. The van der Waals surface area contributed by atoms with Crippen LogP contribution in [0.15, 0.2) is 23.1 Å². The lowest BCUT2D eigenvalue weighted by atomic mass is 9.98. The summed E-state index contributed by atoms with van der Waals surface area (Å²) in [5, 5.41) is 16.0. The van der Waals surface area contributed by atoms with Crippen molar-refractivity contribution in [2.45, 2.75) is 43.1 Å². The molecule has 2 N–H and O–H groups in total. The highest BCUT2D eigenvalue weighted by Crippen LogP contribution is 2.32. The quantitative estimate of drug-likeness (QED) is 0.674. The van der Waals surface area contributed by atoms with Gasteiger partial charge < -0.3 is 4.74 Å².